The van der Waals surface area contributed by atoms with Crippen molar-refractivity contribution in [2.45, 2.75) is 70.0 Å². The third kappa shape index (κ3) is 2.82. The van der Waals surface area contributed by atoms with Crippen LogP contribution in [0.5, 0.6) is 0 Å². The van der Waals surface area contributed by atoms with Crippen molar-refractivity contribution >= 4 is 22.8 Å². The van der Waals surface area contributed by atoms with Crippen molar-refractivity contribution in [3.8, 4) is 0 Å². The third-order valence-electron chi connectivity index (χ3n) is 6.64. The van der Waals surface area contributed by atoms with E-state index in [4.69, 9.17) is 0 Å². The standard InChI is InChI=1S/C21H26N4O2/c26-20(24-15-7-3-4-8-15)18(13-5-1-2-6-13)25-12-14-9-10-22-19-17(14)16(11-23-19)21(25)27/h9-11,13,15,18H,1-8,12H2,(H,22,23)(H,24,26). The van der Waals surface area contributed by atoms with E-state index in [1.165, 1.54) is 12.8 Å². The summed E-state index contributed by atoms with van der Waals surface area (Å²) in [7, 11) is 0. The van der Waals surface area contributed by atoms with Crippen LogP contribution >= 0.6 is 0 Å². The molecule has 0 spiro atoms. The molecule has 6 heteroatoms. The van der Waals surface area contributed by atoms with Crippen LogP contribution in [0.15, 0.2) is 18.5 Å². The van der Waals surface area contributed by atoms with E-state index in [9.17, 15) is 9.59 Å². The van der Waals surface area contributed by atoms with Crippen molar-refractivity contribution < 1.29 is 9.59 Å². The molecule has 142 valence electrons. The van der Waals surface area contributed by atoms with Gasteiger partial charge < -0.3 is 15.2 Å². The second-order valence-electron chi connectivity index (χ2n) is 8.31. The molecule has 5 rings (SSSR count). The average molecular weight is 366 g/mol. The monoisotopic (exact) mass is 366 g/mol. The Bertz CT molecular complexity index is 877. The minimum Gasteiger partial charge on any atom is -0.352 e. The lowest BCUT2D eigenvalue weighted by molar-refractivity contribution is -0.128. The van der Waals surface area contributed by atoms with Crippen molar-refractivity contribution in [3.63, 3.8) is 0 Å². The van der Waals surface area contributed by atoms with Gasteiger partial charge in [0.2, 0.25) is 5.91 Å². The fourth-order valence-corrected chi connectivity index (χ4v) is 5.30. The Morgan fingerprint density at radius 1 is 1.19 bits per heavy atom. The van der Waals surface area contributed by atoms with Crippen molar-refractivity contribution in [1.82, 2.24) is 20.2 Å². The molecule has 1 atom stereocenters. The zero-order chi connectivity index (χ0) is 18.4. The highest BCUT2D eigenvalue weighted by molar-refractivity contribution is 6.10. The number of H-pyrrole nitrogens is 1. The van der Waals surface area contributed by atoms with Crippen molar-refractivity contribution in [1.29, 1.82) is 0 Å². The largest absolute Gasteiger partial charge is 0.352 e. The number of carbonyl (C=O) groups is 2. The molecule has 2 aromatic heterocycles. The molecular formula is C21H26N4O2. The normalized spacial score (nSPS) is 21.9. The number of amides is 2. The summed E-state index contributed by atoms with van der Waals surface area (Å²) >= 11 is 0. The second kappa shape index (κ2) is 6.66. The summed E-state index contributed by atoms with van der Waals surface area (Å²) in [4.78, 5) is 35.9. The van der Waals surface area contributed by atoms with Crippen LogP contribution in [-0.4, -0.2) is 38.8 Å². The SMILES string of the molecule is O=C(NC1CCCC1)C(C1CCCC1)N1Cc2ccnc3[nH]cc(c23)C1=O. The minimum atomic E-state index is -0.369. The zero-order valence-corrected chi connectivity index (χ0v) is 15.5. The van der Waals surface area contributed by atoms with E-state index in [-0.39, 0.29) is 29.8 Å². The molecule has 0 aromatic carbocycles. The maximum atomic E-state index is 13.3. The number of aromatic amines is 1. The first kappa shape index (κ1) is 16.8. The first-order valence-electron chi connectivity index (χ1n) is 10.3. The number of aromatic nitrogens is 2. The van der Waals surface area contributed by atoms with Gasteiger partial charge in [-0.1, -0.05) is 25.7 Å². The van der Waals surface area contributed by atoms with Crippen LogP contribution in [-0.2, 0) is 11.3 Å². The van der Waals surface area contributed by atoms with Gasteiger partial charge in [0.1, 0.15) is 11.7 Å². The summed E-state index contributed by atoms with van der Waals surface area (Å²) in [6, 6.07) is 1.88. The molecule has 2 amide bonds. The summed E-state index contributed by atoms with van der Waals surface area (Å²) in [6.07, 6.45) is 12.4. The Hall–Kier alpha value is -2.37. The molecule has 2 saturated carbocycles. The van der Waals surface area contributed by atoms with E-state index in [1.54, 1.807) is 12.4 Å². The van der Waals surface area contributed by atoms with Gasteiger partial charge in [-0.15, -0.1) is 0 Å². The minimum absolute atomic E-state index is 0.0415. The molecule has 2 N–H and O–H groups in total. The maximum absolute atomic E-state index is 13.3. The van der Waals surface area contributed by atoms with E-state index in [0.29, 0.717) is 12.1 Å². The zero-order valence-electron chi connectivity index (χ0n) is 15.5. The molecule has 6 nitrogen and oxygen atoms in total. The maximum Gasteiger partial charge on any atom is 0.257 e. The van der Waals surface area contributed by atoms with Gasteiger partial charge in [-0.25, -0.2) is 4.98 Å². The number of hydrogen-bond acceptors (Lipinski definition) is 3. The van der Waals surface area contributed by atoms with Crippen LogP contribution < -0.4 is 5.32 Å². The molecule has 2 aliphatic carbocycles. The van der Waals surface area contributed by atoms with Crippen LogP contribution in [0.1, 0.15) is 67.3 Å². The number of carbonyl (C=O) groups excluding carboxylic acids is 2. The van der Waals surface area contributed by atoms with Gasteiger partial charge in [0.05, 0.1) is 5.56 Å². The van der Waals surface area contributed by atoms with E-state index >= 15 is 0 Å². The highest BCUT2D eigenvalue weighted by atomic mass is 16.2. The topological polar surface area (TPSA) is 78.1 Å². The Morgan fingerprint density at radius 3 is 2.70 bits per heavy atom. The Balaban J connectivity index is 1.48. The van der Waals surface area contributed by atoms with Gasteiger partial charge in [0.15, 0.2) is 0 Å². The molecule has 27 heavy (non-hydrogen) atoms. The number of nitrogens with zero attached hydrogens (tertiary/aromatic N) is 2. The number of pyridine rings is 1. The number of hydrogen-bond donors (Lipinski definition) is 2. The van der Waals surface area contributed by atoms with Gasteiger partial charge in [-0.05, 0) is 43.2 Å². The second-order valence-corrected chi connectivity index (χ2v) is 8.31. The first-order chi connectivity index (χ1) is 13.2. The Labute approximate surface area is 158 Å². The predicted octanol–water partition coefficient (Wildman–Crippen LogP) is 3.14. The van der Waals surface area contributed by atoms with Gasteiger partial charge in [-0.2, -0.15) is 0 Å². The van der Waals surface area contributed by atoms with Gasteiger partial charge in [0.25, 0.3) is 5.91 Å². The lowest BCUT2D eigenvalue weighted by Crippen LogP contribution is -2.54. The smallest absolute Gasteiger partial charge is 0.257 e. The number of rotatable bonds is 4. The summed E-state index contributed by atoms with van der Waals surface area (Å²) < 4.78 is 0. The van der Waals surface area contributed by atoms with Gasteiger partial charge in [0, 0.05) is 30.4 Å². The molecular weight excluding hydrogens is 340 g/mol. The molecule has 2 aromatic rings. The molecule has 0 bridgehead atoms. The lowest BCUT2D eigenvalue weighted by atomic mass is 9.92. The highest BCUT2D eigenvalue weighted by Crippen LogP contribution is 2.36. The van der Waals surface area contributed by atoms with E-state index in [0.717, 1.165) is 55.1 Å². The van der Waals surface area contributed by atoms with Gasteiger partial charge in [-0.3, -0.25) is 9.59 Å². The Kier molecular flexibility index (Phi) is 4.14. The predicted molar refractivity (Wildman–Crippen MR) is 102 cm³/mol. The highest BCUT2D eigenvalue weighted by Gasteiger charge is 2.41. The molecule has 2 fully saturated rings. The molecule has 0 saturated heterocycles. The van der Waals surface area contributed by atoms with Crippen LogP contribution in [0, 0.1) is 5.92 Å². The lowest BCUT2D eigenvalue weighted by Gasteiger charge is -2.37. The Morgan fingerprint density at radius 2 is 1.93 bits per heavy atom. The average Bonchev–Trinajstić information content (AvgIpc) is 3.42. The molecule has 1 aliphatic heterocycles. The van der Waals surface area contributed by atoms with E-state index in [1.807, 2.05) is 11.0 Å². The fraction of sp³-hybridized carbons (Fsp3) is 0.571. The van der Waals surface area contributed by atoms with Crippen LogP contribution in [0.3, 0.4) is 0 Å². The summed E-state index contributed by atoms with van der Waals surface area (Å²) in [5.41, 5.74) is 2.48. The van der Waals surface area contributed by atoms with Crippen molar-refractivity contribution in [3.05, 3.63) is 29.6 Å². The van der Waals surface area contributed by atoms with Crippen LogP contribution in [0.4, 0.5) is 0 Å². The fourth-order valence-electron chi connectivity index (χ4n) is 5.30. The van der Waals surface area contributed by atoms with Gasteiger partial charge >= 0.3 is 0 Å². The van der Waals surface area contributed by atoms with Crippen molar-refractivity contribution in [2.24, 2.45) is 5.92 Å². The summed E-state index contributed by atoms with van der Waals surface area (Å²) in [5.74, 6) is 0.264. The summed E-state index contributed by atoms with van der Waals surface area (Å²) in [5, 5.41) is 4.18. The summed E-state index contributed by atoms with van der Waals surface area (Å²) in [6.45, 7) is 0.488. The molecule has 1 unspecified atom stereocenters. The molecule has 0 radical (unpaired) electrons. The molecule has 3 aliphatic rings. The van der Waals surface area contributed by atoms with Crippen LogP contribution in [0.25, 0.3) is 11.0 Å². The number of nitrogens with one attached hydrogen (secondary N) is 2. The molecule has 3 heterocycles. The quantitative estimate of drug-likeness (QED) is 0.873. The van der Waals surface area contributed by atoms with E-state index in [2.05, 4.69) is 15.3 Å². The third-order valence-corrected chi connectivity index (χ3v) is 6.64. The van der Waals surface area contributed by atoms with Crippen LogP contribution in [0.2, 0.25) is 0 Å². The van der Waals surface area contributed by atoms with E-state index < -0.39 is 0 Å². The first-order valence-corrected chi connectivity index (χ1v) is 10.3. The van der Waals surface area contributed by atoms with Crippen molar-refractivity contribution in [2.75, 3.05) is 0 Å².